The van der Waals surface area contributed by atoms with Crippen molar-refractivity contribution < 1.29 is 4.52 Å². The van der Waals surface area contributed by atoms with Gasteiger partial charge >= 0.3 is 0 Å². The SMILES string of the molecule is C=CCNC(=NCCn1cnnc1CC)N1CCN(Cc2cc(C)on2)CC1.I. The lowest BCUT2D eigenvalue weighted by molar-refractivity contribution is 0.169. The number of aliphatic imine (C=N–C) groups is 1. The van der Waals surface area contributed by atoms with Crippen molar-refractivity contribution in [3.8, 4) is 0 Å². The highest BCUT2D eigenvalue weighted by Crippen LogP contribution is 2.09. The topological polar surface area (TPSA) is 87.6 Å². The van der Waals surface area contributed by atoms with Crippen LogP contribution >= 0.6 is 24.0 Å². The number of hydrogen-bond acceptors (Lipinski definition) is 6. The highest BCUT2D eigenvalue weighted by atomic mass is 127. The van der Waals surface area contributed by atoms with Crippen LogP contribution in [0.25, 0.3) is 0 Å². The zero-order chi connectivity index (χ0) is 19.8. The van der Waals surface area contributed by atoms with E-state index in [1.807, 2.05) is 19.1 Å². The molecule has 3 rings (SSSR count). The molecular formula is C19H31IN8O. The van der Waals surface area contributed by atoms with E-state index >= 15 is 0 Å². The second-order valence-electron chi connectivity index (χ2n) is 6.86. The van der Waals surface area contributed by atoms with Crippen LogP contribution in [0.15, 0.2) is 34.6 Å². The van der Waals surface area contributed by atoms with Gasteiger partial charge in [-0.3, -0.25) is 9.89 Å². The van der Waals surface area contributed by atoms with Crippen molar-refractivity contribution in [2.24, 2.45) is 4.99 Å². The fraction of sp³-hybridized carbons (Fsp3) is 0.579. The van der Waals surface area contributed by atoms with Gasteiger partial charge in [0.05, 0.1) is 12.2 Å². The number of aryl methyl sites for hydroxylation is 2. The first-order valence-electron chi connectivity index (χ1n) is 9.85. The summed E-state index contributed by atoms with van der Waals surface area (Å²) in [6, 6.07) is 2.00. The van der Waals surface area contributed by atoms with Crippen molar-refractivity contribution >= 4 is 29.9 Å². The maximum Gasteiger partial charge on any atom is 0.194 e. The van der Waals surface area contributed by atoms with Crippen LogP contribution < -0.4 is 5.32 Å². The van der Waals surface area contributed by atoms with Gasteiger partial charge in [0.15, 0.2) is 5.96 Å². The van der Waals surface area contributed by atoms with Crippen LogP contribution in [0, 0.1) is 6.92 Å². The standard InChI is InChI=1S/C19H30N8O.HI/c1-4-6-20-19(21-7-8-27-15-22-23-18(27)5-2)26-11-9-25(10-12-26)14-17-13-16(3)28-24-17;/h4,13,15H,1,5-12,14H2,2-3H3,(H,20,21);1H. The van der Waals surface area contributed by atoms with Crippen molar-refractivity contribution in [1.82, 2.24) is 35.0 Å². The summed E-state index contributed by atoms with van der Waals surface area (Å²) < 4.78 is 7.23. The number of rotatable bonds is 8. The molecule has 1 saturated heterocycles. The predicted octanol–water partition coefficient (Wildman–Crippen LogP) is 1.70. The van der Waals surface area contributed by atoms with Crippen molar-refractivity contribution in [1.29, 1.82) is 0 Å². The zero-order valence-corrected chi connectivity index (χ0v) is 19.6. The maximum atomic E-state index is 5.16. The number of hydrogen-bond donors (Lipinski definition) is 1. The molecule has 0 unspecified atom stereocenters. The summed E-state index contributed by atoms with van der Waals surface area (Å²) >= 11 is 0. The first kappa shape index (κ1) is 23.3. The molecule has 1 N–H and O–H groups in total. The van der Waals surface area contributed by atoms with Gasteiger partial charge in [0.25, 0.3) is 0 Å². The summed E-state index contributed by atoms with van der Waals surface area (Å²) in [5.74, 6) is 2.78. The Bertz CT molecular complexity index is 779. The van der Waals surface area contributed by atoms with Crippen molar-refractivity contribution in [3.05, 3.63) is 42.3 Å². The molecule has 1 aliphatic rings. The molecule has 0 bridgehead atoms. The highest BCUT2D eigenvalue weighted by Gasteiger charge is 2.20. The Morgan fingerprint density at radius 2 is 2.14 bits per heavy atom. The molecule has 0 aromatic carbocycles. The summed E-state index contributed by atoms with van der Waals surface area (Å²) in [6.45, 7) is 14.6. The molecule has 1 aliphatic heterocycles. The van der Waals surface area contributed by atoms with Crippen LogP contribution in [-0.2, 0) is 19.5 Å². The van der Waals surface area contributed by atoms with E-state index in [4.69, 9.17) is 9.52 Å². The fourth-order valence-electron chi connectivity index (χ4n) is 3.27. The van der Waals surface area contributed by atoms with Gasteiger partial charge in [-0.15, -0.1) is 40.8 Å². The molecule has 29 heavy (non-hydrogen) atoms. The molecule has 1 fully saturated rings. The van der Waals surface area contributed by atoms with Gasteiger partial charge in [0.1, 0.15) is 17.9 Å². The van der Waals surface area contributed by atoms with Gasteiger partial charge in [0, 0.05) is 58.3 Å². The van der Waals surface area contributed by atoms with E-state index in [2.05, 4.69) is 48.5 Å². The second-order valence-corrected chi connectivity index (χ2v) is 6.86. The quantitative estimate of drug-likeness (QED) is 0.248. The highest BCUT2D eigenvalue weighted by molar-refractivity contribution is 14.0. The lowest BCUT2D eigenvalue weighted by Crippen LogP contribution is -2.52. The van der Waals surface area contributed by atoms with E-state index in [-0.39, 0.29) is 24.0 Å². The summed E-state index contributed by atoms with van der Waals surface area (Å²) in [4.78, 5) is 9.51. The maximum absolute atomic E-state index is 5.16. The first-order valence-corrected chi connectivity index (χ1v) is 9.85. The Balaban J connectivity index is 0.00000300. The zero-order valence-electron chi connectivity index (χ0n) is 17.3. The molecule has 10 heteroatoms. The van der Waals surface area contributed by atoms with E-state index in [1.54, 1.807) is 6.33 Å². The van der Waals surface area contributed by atoms with Crippen LogP contribution in [0.3, 0.4) is 0 Å². The van der Waals surface area contributed by atoms with Crippen LogP contribution in [0.2, 0.25) is 0 Å². The summed E-state index contributed by atoms with van der Waals surface area (Å²) in [5.41, 5.74) is 0.991. The van der Waals surface area contributed by atoms with Crippen LogP contribution in [0.1, 0.15) is 24.2 Å². The van der Waals surface area contributed by atoms with E-state index < -0.39 is 0 Å². The third kappa shape index (κ3) is 6.81. The van der Waals surface area contributed by atoms with Crippen molar-refractivity contribution in [2.45, 2.75) is 33.4 Å². The summed E-state index contributed by atoms with van der Waals surface area (Å²) in [5, 5.41) is 15.6. The Morgan fingerprint density at radius 1 is 1.34 bits per heavy atom. The average Bonchev–Trinajstić information content (AvgIpc) is 3.33. The summed E-state index contributed by atoms with van der Waals surface area (Å²) in [6.07, 6.45) is 4.50. The van der Waals surface area contributed by atoms with Crippen LogP contribution in [0.5, 0.6) is 0 Å². The summed E-state index contributed by atoms with van der Waals surface area (Å²) in [7, 11) is 0. The fourth-order valence-corrected chi connectivity index (χ4v) is 3.27. The van der Waals surface area contributed by atoms with E-state index in [0.29, 0.717) is 13.1 Å². The number of aromatic nitrogens is 4. The van der Waals surface area contributed by atoms with Gasteiger partial charge in [-0.25, -0.2) is 0 Å². The molecule has 3 heterocycles. The Hall–Kier alpha value is -1.95. The molecule has 160 valence electrons. The van der Waals surface area contributed by atoms with E-state index in [1.165, 1.54) is 0 Å². The van der Waals surface area contributed by atoms with Gasteiger partial charge in [-0.05, 0) is 6.92 Å². The van der Waals surface area contributed by atoms with Gasteiger partial charge in [-0.1, -0.05) is 18.2 Å². The minimum absolute atomic E-state index is 0. The number of nitrogens with one attached hydrogen (secondary N) is 1. The number of nitrogens with zero attached hydrogens (tertiary/aromatic N) is 7. The largest absolute Gasteiger partial charge is 0.361 e. The molecule has 0 spiro atoms. The third-order valence-electron chi connectivity index (χ3n) is 4.75. The smallest absolute Gasteiger partial charge is 0.194 e. The Labute approximate surface area is 189 Å². The predicted molar refractivity (Wildman–Crippen MR) is 123 cm³/mol. The second kappa shape index (κ2) is 11.9. The van der Waals surface area contributed by atoms with Gasteiger partial charge in [-0.2, -0.15) is 0 Å². The van der Waals surface area contributed by atoms with Crippen molar-refractivity contribution in [3.63, 3.8) is 0 Å². The first-order chi connectivity index (χ1) is 13.7. The minimum Gasteiger partial charge on any atom is -0.361 e. The van der Waals surface area contributed by atoms with Crippen molar-refractivity contribution in [2.75, 3.05) is 39.3 Å². The molecule has 0 aliphatic carbocycles. The lowest BCUT2D eigenvalue weighted by atomic mass is 10.3. The van der Waals surface area contributed by atoms with Crippen LogP contribution in [-0.4, -0.2) is 74.9 Å². The monoisotopic (exact) mass is 514 g/mol. The molecule has 0 amide bonds. The lowest BCUT2D eigenvalue weighted by Gasteiger charge is -2.36. The minimum atomic E-state index is 0. The average molecular weight is 514 g/mol. The molecule has 0 atom stereocenters. The molecule has 2 aromatic heterocycles. The van der Waals surface area contributed by atoms with E-state index in [9.17, 15) is 0 Å². The molecular weight excluding hydrogens is 483 g/mol. The van der Waals surface area contributed by atoms with Crippen LogP contribution in [0.4, 0.5) is 0 Å². The van der Waals surface area contributed by atoms with Gasteiger partial charge in [0.2, 0.25) is 0 Å². The third-order valence-corrected chi connectivity index (χ3v) is 4.75. The number of piperazine rings is 1. The molecule has 0 saturated carbocycles. The number of guanidine groups is 1. The Kier molecular flexibility index (Phi) is 9.58. The molecule has 2 aromatic rings. The van der Waals surface area contributed by atoms with E-state index in [0.717, 1.165) is 68.9 Å². The normalized spacial score (nSPS) is 15.2. The molecule has 0 radical (unpaired) electrons. The Morgan fingerprint density at radius 3 is 2.79 bits per heavy atom. The van der Waals surface area contributed by atoms with Gasteiger partial charge < -0.3 is 19.3 Å². The number of halogens is 1. The molecule has 9 nitrogen and oxygen atoms in total.